The molecule has 1 amide bonds. The maximum atomic E-state index is 12.8. The zero-order valence-electron chi connectivity index (χ0n) is 14.0. The van der Waals surface area contributed by atoms with Crippen molar-refractivity contribution in [1.82, 2.24) is 14.3 Å². The summed E-state index contributed by atoms with van der Waals surface area (Å²) < 4.78 is 4.26. The predicted molar refractivity (Wildman–Crippen MR) is 102 cm³/mol. The van der Waals surface area contributed by atoms with Crippen LogP contribution in [0, 0.1) is 18.8 Å². The third kappa shape index (κ3) is 4.71. The number of amides is 1. The first-order valence-electron chi connectivity index (χ1n) is 8.23. The monoisotopic (exact) mass is 395 g/mol. The molecule has 1 aromatic heterocycles. The minimum absolute atomic E-state index is 0. The summed E-state index contributed by atoms with van der Waals surface area (Å²) in [5.41, 5.74) is 5.83. The van der Waals surface area contributed by atoms with E-state index < -0.39 is 0 Å². The second-order valence-corrected chi connectivity index (χ2v) is 7.05. The predicted octanol–water partition coefficient (Wildman–Crippen LogP) is 2.10. The largest absolute Gasteiger partial charge is 0.345 e. The molecule has 1 aliphatic heterocycles. The highest BCUT2D eigenvalue weighted by molar-refractivity contribution is 7.09. The number of aryl methyl sites for hydroxylation is 1. The fourth-order valence-corrected chi connectivity index (χ4v) is 4.35. The van der Waals surface area contributed by atoms with E-state index in [9.17, 15) is 4.79 Å². The van der Waals surface area contributed by atoms with Crippen LogP contribution in [0.3, 0.4) is 0 Å². The van der Waals surface area contributed by atoms with Gasteiger partial charge in [-0.15, -0.1) is 24.8 Å². The van der Waals surface area contributed by atoms with Crippen LogP contribution >= 0.6 is 36.3 Å². The van der Waals surface area contributed by atoms with Crippen molar-refractivity contribution < 1.29 is 4.79 Å². The van der Waals surface area contributed by atoms with Crippen LogP contribution in [0.2, 0.25) is 0 Å². The number of hydrogen-bond acceptors (Lipinski definition) is 6. The number of carbonyl (C=O) groups is 1. The van der Waals surface area contributed by atoms with E-state index in [1.165, 1.54) is 11.5 Å². The van der Waals surface area contributed by atoms with Gasteiger partial charge in [-0.1, -0.05) is 6.42 Å². The molecule has 1 saturated carbocycles. The van der Waals surface area contributed by atoms with Crippen molar-refractivity contribution in [3.63, 3.8) is 0 Å². The maximum Gasteiger partial charge on any atom is 0.226 e. The van der Waals surface area contributed by atoms with Gasteiger partial charge in [0.1, 0.15) is 5.82 Å². The van der Waals surface area contributed by atoms with Gasteiger partial charge in [0.25, 0.3) is 0 Å². The molecule has 2 fully saturated rings. The van der Waals surface area contributed by atoms with Crippen LogP contribution in [0.25, 0.3) is 0 Å². The molecular weight excluding hydrogens is 369 g/mol. The average Bonchev–Trinajstić information content (AvgIpc) is 3.09. The zero-order chi connectivity index (χ0) is 15.5. The number of aromatic nitrogens is 2. The first kappa shape index (κ1) is 21.4. The Balaban J connectivity index is 0.00000144. The zero-order valence-corrected chi connectivity index (χ0v) is 16.5. The van der Waals surface area contributed by atoms with Crippen LogP contribution in [-0.4, -0.2) is 52.9 Å². The first-order chi connectivity index (χ1) is 10.7. The summed E-state index contributed by atoms with van der Waals surface area (Å²) in [7, 11) is 0. The van der Waals surface area contributed by atoms with Crippen LogP contribution in [0.4, 0.5) is 5.13 Å². The van der Waals surface area contributed by atoms with Crippen LogP contribution < -0.4 is 10.6 Å². The van der Waals surface area contributed by atoms with Crippen molar-refractivity contribution in [3.05, 3.63) is 5.82 Å². The van der Waals surface area contributed by atoms with Gasteiger partial charge < -0.3 is 15.5 Å². The highest BCUT2D eigenvalue weighted by Gasteiger charge is 2.35. The number of nitrogens with two attached hydrogens (primary N) is 1. The molecule has 0 aromatic carbocycles. The molecular formula is C15H27Cl2N5OS. The molecule has 0 unspecified atom stereocenters. The third-order valence-electron chi connectivity index (χ3n) is 4.87. The minimum Gasteiger partial charge on any atom is -0.345 e. The van der Waals surface area contributed by atoms with Crippen LogP contribution in [0.15, 0.2) is 0 Å². The Morgan fingerprint density at radius 2 is 2.00 bits per heavy atom. The topological polar surface area (TPSA) is 75.4 Å². The summed E-state index contributed by atoms with van der Waals surface area (Å²) in [6.45, 7) is 5.98. The summed E-state index contributed by atoms with van der Waals surface area (Å²) in [6.07, 6.45) is 4.25. The Morgan fingerprint density at radius 1 is 1.21 bits per heavy atom. The van der Waals surface area contributed by atoms with Crippen molar-refractivity contribution in [2.45, 2.75) is 32.6 Å². The molecule has 2 heterocycles. The molecule has 3 rings (SSSR count). The lowest BCUT2D eigenvalue weighted by molar-refractivity contribution is -0.136. The Hall–Kier alpha value is -0.630. The van der Waals surface area contributed by atoms with Gasteiger partial charge >= 0.3 is 0 Å². The molecule has 1 aliphatic carbocycles. The lowest BCUT2D eigenvalue weighted by atomic mass is 9.94. The number of nitrogens with zero attached hydrogens (tertiary/aromatic N) is 4. The Kier molecular flexibility index (Phi) is 8.70. The van der Waals surface area contributed by atoms with Gasteiger partial charge in [-0.3, -0.25) is 4.79 Å². The highest BCUT2D eigenvalue weighted by Crippen LogP contribution is 2.32. The molecule has 9 heteroatoms. The lowest BCUT2D eigenvalue weighted by Crippen LogP contribution is -2.41. The van der Waals surface area contributed by atoms with E-state index in [1.54, 1.807) is 0 Å². The van der Waals surface area contributed by atoms with Crippen LogP contribution in [-0.2, 0) is 4.79 Å². The molecule has 2 atom stereocenters. The number of rotatable bonds is 3. The van der Waals surface area contributed by atoms with E-state index in [-0.39, 0.29) is 30.7 Å². The summed E-state index contributed by atoms with van der Waals surface area (Å²) in [6, 6.07) is 0. The Bertz CT molecular complexity index is 530. The average molecular weight is 396 g/mol. The van der Waals surface area contributed by atoms with Gasteiger partial charge in [0.2, 0.25) is 11.0 Å². The van der Waals surface area contributed by atoms with E-state index in [1.807, 2.05) is 11.8 Å². The molecule has 0 bridgehead atoms. The molecule has 0 spiro atoms. The van der Waals surface area contributed by atoms with Crippen molar-refractivity contribution in [2.75, 3.05) is 37.6 Å². The van der Waals surface area contributed by atoms with Gasteiger partial charge in [-0.05, 0) is 38.6 Å². The van der Waals surface area contributed by atoms with Gasteiger partial charge in [0.05, 0.1) is 0 Å². The summed E-state index contributed by atoms with van der Waals surface area (Å²) in [4.78, 5) is 21.6. The molecule has 2 N–H and O–H groups in total. The van der Waals surface area contributed by atoms with Gasteiger partial charge in [0.15, 0.2) is 0 Å². The third-order valence-corrected chi connectivity index (χ3v) is 5.74. The number of hydrogen-bond donors (Lipinski definition) is 1. The van der Waals surface area contributed by atoms with Gasteiger partial charge in [-0.2, -0.15) is 4.37 Å². The number of carbonyl (C=O) groups excluding carboxylic acids is 1. The molecule has 1 aromatic rings. The molecule has 138 valence electrons. The standard InChI is InChI=1S/C15H25N5OS.2ClH/c1-11-17-15(22-18-11)20-7-3-6-19(8-9-20)14(21)13-5-2-4-12(13)10-16;;/h12-13H,2-10,16H2,1H3;2*1H/t12-,13-;;/m1../s1. The van der Waals surface area contributed by atoms with Crippen LogP contribution in [0.1, 0.15) is 31.5 Å². The van der Waals surface area contributed by atoms with Crippen molar-refractivity contribution in [3.8, 4) is 0 Å². The van der Waals surface area contributed by atoms with E-state index in [4.69, 9.17) is 5.73 Å². The molecule has 24 heavy (non-hydrogen) atoms. The summed E-state index contributed by atoms with van der Waals surface area (Å²) in [5, 5.41) is 0.979. The fraction of sp³-hybridized carbons (Fsp3) is 0.800. The van der Waals surface area contributed by atoms with Crippen molar-refractivity contribution >= 4 is 47.4 Å². The van der Waals surface area contributed by atoms with Crippen molar-refractivity contribution in [1.29, 1.82) is 0 Å². The minimum atomic E-state index is 0. The summed E-state index contributed by atoms with van der Waals surface area (Å²) >= 11 is 1.45. The van der Waals surface area contributed by atoms with Crippen LogP contribution in [0.5, 0.6) is 0 Å². The smallest absolute Gasteiger partial charge is 0.226 e. The van der Waals surface area contributed by atoms with Crippen molar-refractivity contribution in [2.24, 2.45) is 17.6 Å². The highest BCUT2D eigenvalue weighted by atomic mass is 35.5. The SMILES string of the molecule is Cc1nsc(N2CCCN(C(=O)[C@@H]3CCC[C@@H]3CN)CC2)n1.Cl.Cl. The van der Waals surface area contributed by atoms with Gasteiger partial charge in [0, 0.05) is 43.6 Å². The Labute approximate surface area is 160 Å². The molecule has 1 saturated heterocycles. The van der Waals surface area contributed by atoms with E-state index >= 15 is 0 Å². The first-order valence-corrected chi connectivity index (χ1v) is 9.00. The lowest BCUT2D eigenvalue weighted by Gasteiger charge is -2.27. The second-order valence-electron chi connectivity index (χ2n) is 6.32. The van der Waals surface area contributed by atoms with Gasteiger partial charge in [-0.25, -0.2) is 4.98 Å². The number of anilines is 1. The Morgan fingerprint density at radius 3 is 2.67 bits per heavy atom. The maximum absolute atomic E-state index is 12.8. The number of halogens is 2. The molecule has 0 radical (unpaired) electrons. The molecule has 2 aliphatic rings. The van der Waals surface area contributed by atoms with E-state index in [0.29, 0.717) is 18.4 Å². The quantitative estimate of drug-likeness (QED) is 0.847. The second kappa shape index (κ2) is 9.75. The van der Waals surface area contributed by atoms with E-state index in [2.05, 4.69) is 14.3 Å². The fourth-order valence-electron chi connectivity index (χ4n) is 3.62. The normalized spacial score (nSPS) is 24.1. The molecule has 6 nitrogen and oxygen atoms in total. The van der Waals surface area contributed by atoms with E-state index in [0.717, 1.165) is 62.8 Å². The summed E-state index contributed by atoms with van der Waals surface area (Å²) in [5.74, 6) is 1.69.